The molecule has 2 rings (SSSR count). The van der Waals surface area contributed by atoms with Crippen LogP contribution in [0.15, 0.2) is 52.5 Å². The molecule has 25 heavy (non-hydrogen) atoms. The van der Waals surface area contributed by atoms with Crippen molar-refractivity contribution in [3.8, 4) is 23.8 Å². The summed E-state index contributed by atoms with van der Waals surface area (Å²) in [6.45, 7) is 2.01. The van der Waals surface area contributed by atoms with Gasteiger partial charge in [0.15, 0.2) is 11.5 Å². The van der Waals surface area contributed by atoms with E-state index < -0.39 is 10.0 Å². The molecule has 0 radical (unpaired) electrons. The average Bonchev–Trinajstić information content (AvgIpc) is 2.60. The topological polar surface area (TPSA) is 77.0 Å². The largest absolute Gasteiger partial charge is 0.493 e. The van der Waals surface area contributed by atoms with Crippen LogP contribution in [0.5, 0.6) is 11.5 Å². The summed E-state index contributed by atoms with van der Waals surface area (Å²) in [5.74, 6) is 3.34. The van der Waals surface area contributed by atoms with E-state index in [2.05, 4.69) is 15.9 Å². The minimum atomic E-state index is -3.71. The molecule has 0 aliphatic heterocycles. The first kappa shape index (κ1) is 18.4. The summed E-state index contributed by atoms with van der Waals surface area (Å²) in [7, 11) is -2.21. The van der Waals surface area contributed by atoms with E-state index in [0.717, 1.165) is 5.56 Å². The first-order valence-corrected chi connectivity index (χ1v) is 8.80. The Morgan fingerprint density at radius 2 is 1.92 bits per heavy atom. The molecule has 0 heterocycles. The molecule has 0 aliphatic carbocycles. The van der Waals surface area contributed by atoms with Crippen LogP contribution in [0.1, 0.15) is 11.1 Å². The summed E-state index contributed by atoms with van der Waals surface area (Å²) in [4.78, 5) is 2.32. The smallest absolute Gasteiger partial charge is 0.276 e. The Bertz CT molecular complexity index is 898. The van der Waals surface area contributed by atoms with Gasteiger partial charge in [0.25, 0.3) is 10.0 Å². The van der Waals surface area contributed by atoms with Gasteiger partial charge in [-0.1, -0.05) is 23.6 Å². The van der Waals surface area contributed by atoms with Gasteiger partial charge in [-0.15, -0.1) is 6.42 Å². The van der Waals surface area contributed by atoms with Crippen molar-refractivity contribution in [2.24, 2.45) is 5.10 Å². The minimum absolute atomic E-state index is 0.125. The first-order valence-electron chi connectivity index (χ1n) is 7.32. The number of benzene rings is 2. The Kier molecular flexibility index (Phi) is 6.03. The van der Waals surface area contributed by atoms with Crippen LogP contribution >= 0.6 is 0 Å². The number of methoxy groups -OCH3 is 1. The lowest BCUT2D eigenvalue weighted by atomic mass is 10.2. The monoisotopic (exact) mass is 358 g/mol. The number of aryl methyl sites for hydroxylation is 1. The molecular formula is C18H18N2O4S. The Morgan fingerprint density at radius 3 is 2.56 bits per heavy atom. The van der Waals surface area contributed by atoms with Gasteiger partial charge in [-0.2, -0.15) is 13.5 Å². The van der Waals surface area contributed by atoms with Crippen molar-refractivity contribution >= 4 is 16.2 Å². The summed E-state index contributed by atoms with van der Waals surface area (Å²) >= 11 is 0. The van der Waals surface area contributed by atoms with Crippen LogP contribution < -0.4 is 14.3 Å². The lowest BCUT2D eigenvalue weighted by Crippen LogP contribution is -2.18. The lowest BCUT2D eigenvalue weighted by molar-refractivity contribution is 0.331. The van der Waals surface area contributed by atoms with E-state index in [1.54, 1.807) is 30.3 Å². The van der Waals surface area contributed by atoms with Gasteiger partial charge < -0.3 is 9.47 Å². The fourth-order valence-electron chi connectivity index (χ4n) is 1.94. The van der Waals surface area contributed by atoms with Crippen molar-refractivity contribution < 1.29 is 17.9 Å². The number of hydrogen-bond acceptors (Lipinski definition) is 5. The van der Waals surface area contributed by atoms with Gasteiger partial charge in [0.1, 0.15) is 6.61 Å². The second-order valence-electron chi connectivity index (χ2n) is 5.07. The molecular weight excluding hydrogens is 340 g/mol. The van der Waals surface area contributed by atoms with Gasteiger partial charge in [-0.25, -0.2) is 4.83 Å². The van der Waals surface area contributed by atoms with E-state index in [9.17, 15) is 8.42 Å². The third-order valence-electron chi connectivity index (χ3n) is 3.22. The highest BCUT2D eigenvalue weighted by atomic mass is 32.2. The number of nitrogens with zero attached hydrogens (tertiary/aromatic N) is 1. The number of nitrogens with one attached hydrogen (secondary N) is 1. The quantitative estimate of drug-likeness (QED) is 0.468. The molecule has 0 atom stereocenters. The maximum atomic E-state index is 12.1. The van der Waals surface area contributed by atoms with E-state index in [4.69, 9.17) is 15.9 Å². The number of hydrogen-bond donors (Lipinski definition) is 1. The maximum Gasteiger partial charge on any atom is 0.276 e. The average molecular weight is 358 g/mol. The van der Waals surface area contributed by atoms with Gasteiger partial charge in [-0.3, -0.25) is 0 Å². The first-order chi connectivity index (χ1) is 12.0. The summed E-state index contributed by atoms with van der Waals surface area (Å²) in [5, 5.41) is 3.79. The fourth-order valence-corrected chi connectivity index (χ4v) is 2.73. The third-order valence-corrected chi connectivity index (χ3v) is 4.46. The highest BCUT2D eigenvalue weighted by Crippen LogP contribution is 2.27. The van der Waals surface area contributed by atoms with E-state index in [1.165, 1.54) is 25.5 Å². The van der Waals surface area contributed by atoms with Crippen LogP contribution in [0.25, 0.3) is 0 Å². The maximum absolute atomic E-state index is 12.1. The van der Waals surface area contributed by atoms with Crippen LogP contribution in [0.2, 0.25) is 0 Å². The fraction of sp³-hybridized carbons (Fsp3) is 0.167. The zero-order chi connectivity index (χ0) is 18.3. The van der Waals surface area contributed by atoms with Crippen LogP contribution in [0.3, 0.4) is 0 Å². The molecule has 0 aromatic heterocycles. The summed E-state index contributed by atoms with van der Waals surface area (Å²) in [6.07, 6.45) is 6.53. The molecule has 0 unspecified atom stereocenters. The van der Waals surface area contributed by atoms with E-state index in [1.807, 2.05) is 6.92 Å². The van der Waals surface area contributed by atoms with Gasteiger partial charge in [0.05, 0.1) is 18.2 Å². The van der Waals surface area contributed by atoms with Crippen molar-refractivity contribution in [1.29, 1.82) is 0 Å². The van der Waals surface area contributed by atoms with Crippen molar-refractivity contribution in [2.45, 2.75) is 11.8 Å². The second-order valence-corrected chi connectivity index (χ2v) is 6.73. The molecule has 2 aromatic carbocycles. The van der Waals surface area contributed by atoms with Crippen LogP contribution in [-0.2, 0) is 10.0 Å². The van der Waals surface area contributed by atoms with Crippen molar-refractivity contribution in [3.05, 3.63) is 53.6 Å². The van der Waals surface area contributed by atoms with E-state index in [-0.39, 0.29) is 11.5 Å². The summed E-state index contributed by atoms with van der Waals surface area (Å²) < 4.78 is 34.8. The summed E-state index contributed by atoms with van der Waals surface area (Å²) in [5.41, 5.74) is 1.61. The van der Waals surface area contributed by atoms with Crippen LogP contribution in [-0.4, -0.2) is 28.3 Å². The molecule has 6 nitrogen and oxygen atoms in total. The predicted molar refractivity (Wildman–Crippen MR) is 96.4 cm³/mol. The standard InChI is InChI=1S/C18H18N2O4S/c1-4-11-24-17-10-7-15(12-18(17)23-3)13-19-20-25(21,22)16-8-5-14(2)6-9-16/h1,5-10,12-13,20H,11H2,2-3H3/b19-13-. The van der Waals surface area contributed by atoms with Crippen molar-refractivity contribution in [2.75, 3.05) is 13.7 Å². The Morgan fingerprint density at radius 1 is 1.20 bits per heavy atom. The highest BCUT2D eigenvalue weighted by molar-refractivity contribution is 7.89. The zero-order valence-corrected chi connectivity index (χ0v) is 14.7. The third kappa shape index (κ3) is 4.99. The lowest BCUT2D eigenvalue weighted by Gasteiger charge is -2.09. The number of terminal acetylenes is 1. The molecule has 0 aliphatic rings. The number of ether oxygens (including phenoxy) is 2. The van der Waals surface area contributed by atoms with Crippen LogP contribution in [0, 0.1) is 19.3 Å². The summed E-state index contributed by atoms with van der Waals surface area (Å²) in [6, 6.07) is 11.5. The number of sulfonamides is 1. The molecule has 1 N–H and O–H groups in total. The molecule has 0 saturated carbocycles. The molecule has 0 amide bonds. The van der Waals surface area contributed by atoms with Crippen molar-refractivity contribution in [3.63, 3.8) is 0 Å². The SMILES string of the molecule is C#CCOc1ccc(/C=N\NS(=O)(=O)c2ccc(C)cc2)cc1OC. The van der Waals surface area contributed by atoms with Gasteiger partial charge >= 0.3 is 0 Å². The minimum Gasteiger partial charge on any atom is -0.493 e. The zero-order valence-electron chi connectivity index (χ0n) is 13.9. The van der Waals surface area contributed by atoms with Crippen molar-refractivity contribution in [1.82, 2.24) is 4.83 Å². The number of rotatable bonds is 7. The molecule has 0 fully saturated rings. The van der Waals surface area contributed by atoms with E-state index in [0.29, 0.717) is 17.1 Å². The van der Waals surface area contributed by atoms with E-state index >= 15 is 0 Å². The Hall–Kier alpha value is -2.98. The molecule has 0 spiro atoms. The second kappa shape index (κ2) is 8.22. The van der Waals surface area contributed by atoms with Gasteiger partial charge in [0, 0.05) is 0 Å². The van der Waals surface area contributed by atoms with Gasteiger partial charge in [-0.05, 0) is 42.8 Å². The normalized spacial score (nSPS) is 11.1. The molecule has 0 bridgehead atoms. The molecule has 130 valence electrons. The molecule has 0 saturated heterocycles. The Balaban J connectivity index is 2.11. The molecule has 2 aromatic rings. The number of hydrazone groups is 1. The highest BCUT2D eigenvalue weighted by Gasteiger charge is 2.12. The van der Waals surface area contributed by atoms with Gasteiger partial charge in [0.2, 0.25) is 0 Å². The Labute approximate surface area is 147 Å². The predicted octanol–water partition coefficient (Wildman–Crippen LogP) is 2.33. The van der Waals surface area contributed by atoms with Crippen LogP contribution in [0.4, 0.5) is 0 Å². The molecule has 7 heteroatoms.